The number of nitrogens with one attached hydrogen (secondary N) is 1. The summed E-state index contributed by atoms with van der Waals surface area (Å²) in [6.07, 6.45) is 0. The van der Waals surface area contributed by atoms with Crippen molar-refractivity contribution < 1.29 is 4.79 Å². The number of benzene rings is 2. The van der Waals surface area contributed by atoms with E-state index >= 15 is 0 Å². The number of anilines is 1. The van der Waals surface area contributed by atoms with Gasteiger partial charge in [-0.3, -0.25) is 9.78 Å². The molecule has 5 heteroatoms. The zero-order valence-corrected chi connectivity index (χ0v) is 13.1. The summed E-state index contributed by atoms with van der Waals surface area (Å²) in [7, 11) is 0. The van der Waals surface area contributed by atoms with Gasteiger partial charge in [0.2, 0.25) is 0 Å². The molecule has 112 valence electrons. The quantitative estimate of drug-likeness (QED) is 0.764. The van der Waals surface area contributed by atoms with Gasteiger partial charge in [0, 0.05) is 16.8 Å². The van der Waals surface area contributed by atoms with Crippen LogP contribution in [0.2, 0.25) is 5.02 Å². The fourth-order valence-corrected chi connectivity index (χ4v) is 2.60. The smallest absolute Gasteiger partial charge is 0.256 e. The first-order chi connectivity index (χ1) is 11.1. The van der Waals surface area contributed by atoms with Gasteiger partial charge in [-0.1, -0.05) is 29.8 Å². The minimum absolute atomic E-state index is 0.243. The van der Waals surface area contributed by atoms with Crippen molar-refractivity contribution in [3.8, 4) is 6.07 Å². The van der Waals surface area contributed by atoms with E-state index in [4.69, 9.17) is 16.9 Å². The van der Waals surface area contributed by atoms with Gasteiger partial charge in [-0.2, -0.15) is 5.26 Å². The molecule has 2 aromatic carbocycles. The molecule has 23 heavy (non-hydrogen) atoms. The zero-order chi connectivity index (χ0) is 16.4. The molecule has 0 saturated carbocycles. The lowest BCUT2D eigenvalue weighted by Crippen LogP contribution is -2.13. The Morgan fingerprint density at radius 3 is 2.74 bits per heavy atom. The first-order valence-electron chi connectivity index (χ1n) is 6.96. The van der Waals surface area contributed by atoms with Crippen LogP contribution in [0.5, 0.6) is 0 Å². The number of halogens is 1. The van der Waals surface area contributed by atoms with Crippen molar-refractivity contribution in [2.24, 2.45) is 0 Å². The Balaban J connectivity index is 1.98. The molecule has 0 fully saturated rings. The summed E-state index contributed by atoms with van der Waals surface area (Å²) in [6, 6.07) is 16.0. The molecule has 1 N–H and O–H groups in total. The average molecular weight is 322 g/mol. The number of hydrogen-bond donors (Lipinski definition) is 1. The van der Waals surface area contributed by atoms with Crippen molar-refractivity contribution in [2.75, 3.05) is 5.32 Å². The summed E-state index contributed by atoms with van der Waals surface area (Å²) < 4.78 is 0. The lowest BCUT2D eigenvalue weighted by molar-refractivity contribution is 0.102. The molecule has 0 bridgehead atoms. The SMILES string of the molecule is Cc1cc(C(=O)Nc2ccc(C#N)c(Cl)c2)c2ccccc2n1. The third kappa shape index (κ3) is 3.01. The maximum Gasteiger partial charge on any atom is 0.256 e. The number of nitrogens with zero attached hydrogens (tertiary/aromatic N) is 2. The second-order valence-electron chi connectivity index (χ2n) is 5.09. The summed E-state index contributed by atoms with van der Waals surface area (Å²) >= 11 is 6.00. The van der Waals surface area contributed by atoms with Crippen LogP contribution in [0.15, 0.2) is 48.5 Å². The molecule has 1 heterocycles. The predicted molar refractivity (Wildman–Crippen MR) is 90.6 cm³/mol. The number of hydrogen-bond acceptors (Lipinski definition) is 3. The summed E-state index contributed by atoms with van der Waals surface area (Å²) in [4.78, 5) is 17.0. The van der Waals surface area contributed by atoms with E-state index in [9.17, 15) is 4.79 Å². The highest BCUT2D eigenvalue weighted by Gasteiger charge is 2.12. The molecule has 0 spiro atoms. The molecule has 0 aliphatic carbocycles. The van der Waals surface area contributed by atoms with Crippen LogP contribution in [0.3, 0.4) is 0 Å². The van der Waals surface area contributed by atoms with Crippen LogP contribution in [0.25, 0.3) is 10.9 Å². The van der Waals surface area contributed by atoms with E-state index in [-0.39, 0.29) is 5.91 Å². The molecule has 1 amide bonds. The van der Waals surface area contributed by atoms with E-state index in [0.29, 0.717) is 21.8 Å². The number of aromatic nitrogens is 1. The summed E-state index contributed by atoms with van der Waals surface area (Å²) in [5.74, 6) is -0.243. The third-order valence-electron chi connectivity index (χ3n) is 3.44. The molecule has 0 saturated heterocycles. The van der Waals surface area contributed by atoms with Gasteiger partial charge in [0.1, 0.15) is 6.07 Å². The van der Waals surface area contributed by atoms with Crippen LogP contribution < -0.4 is 5.32 Å². The Morgan fingerprint density at radius 1 is 1.22 bits per heavy atom. The summed E-state index contributed by atoms with van der Waals surface area (Å²) in [5, 5.41) is 12.8. The van der Waals surface area contributed by atoms with Gasteiger partial charge in [-0.05, 0) is 37.3 Å². The highest BCUT2D eigenvalue weighted by molar-refractivity contribution is 6.32. The lowest BCUT2D eigenvalue weighted by Gasteiger charge is -2.09. The van der Waals surface area contributed by atoms with Crippen molar-refractivity contribution in [1.82, 2.24) is 4.98 Å². The number of fused-ring (bicyclic) bond motifs is 1. The Bertz CT molecular complexity index is 960. The van der Waals surface area contributed by atoms with Crippen LogP contribution in [0.4, 0.5) is 5.69 Å². The van der Waals surface area contributed by atoms with E-state index in [1.165, 1.54) is 0 Å². The van der Waals surface area contributed by atoms with Crippen molar-refractivity contribution in [1.29, 1.82) is 5.26 Å². The van der Waals surface area contributed by atoms with Crippen LogP contribution in [0.1, 0.15) is 21.6 Å². The highest BCUT2D eigenvalue weighted by atomic mass is 35.5. The molecule has 3 rings (SSSR count). The maximum atomic E-state index is 12.6. The molecular formula is C18H12ClN3O. The Hall–Kier alpha value is -2.90. The van der Waals surface area contributed by atoms with E-state index in [1.54, 1.807) is 24.3 Å². The molecule has 0 aliphatic rings. The molecule has 3 aromatic rings. The topological polar surface area (TPSA) is 65.8 Å². The first kappa shape index (κ1) is 15.0. The second kappa shape index (κ2) is 6.07. The van der Waals surface area contributed by atoms with Gasteiger partial charge in [-0.15, -0.1) is 0 Å². The maximum absolute atomic E-state index is 12.6. The molecule has 0 aliphatic heterocycles. The summed E-state index contributed by atoms with van der Waals surface area (Å²) in [6.45, 7) is 1.85. The molecule has 1 aromatic heterocycles. The number of para-hydroxylation sites is 1. The first-order valence-corrected chi connectivity index (χ1v) is 7.33. The fourth-order valence-electron chi connectivity index (χ4n) is 2.38. The Kier molecular flexibility index (Phi) is 3.96. The van der Waals surface area contributed by atoms with Crippen molar-refractivity contribution in [3.05, 3.63) is 70.4 Å². The standard InChI is InChI=1S/C18H12ClN3O/c1-11-8-15(14-4-2-3-5-17(14)21-11)18(23)22-13-7-6-12(10-20)16(19)9-13/h2-9H,1H3,(H,22,23). The van der Waals surface area contributed by atoms with Crippen molar-refractivity contribution in [2.45, 2.75) is 6.92 Å². The van der Waals surface area contributed by atoms with E-state index < -0.39 is 0 Å². The van der Waals surface area contributed by atoms with Crippen molar-refractivity contribution >= 4 is 34.1 Å². The number of nitriles is 1. The number of carbonyl (C=O) groups is 1. The number of aryl methyl sites for hydroxylation is 1. The number of rotatable bonds is 2. The highest BCUT2D eigenvalue weighted by Crippen LogP contribution is 2.23. The molecule has 0 radical (unpaired) electrons. The number of amides is 1. The van der Waals surface area contributed by atoms with Gasteiger partial charge in [0.25, 0.3) is 5.91 Å². The largest absolute Gasteiger partial charge is 0.322 e. The van der Waals surface area contributed by atoms with Crippen molar-refractivity contribution in [3.63, 3.8) is 0 Å². The molecule has 0 atom stereocenters. The Labute approximate surface area is 138 Å². The molecule has 0 unspecified atom stereocenters. The van der Waals surface area contributed by atoms with Crippen LogP contribution in [-0.2, 0) is 0 Å². The van der Waals surface area contributed by atoms with Crippen LogP contribution in [-0.4, -0.2) is 10.9 Å². The number of pyridine rings is 1. The third-order valence-corrected chi connectivity index (χ3v) is 3.75. The van der Waals surface area contributed by atoms with Crippen LogP contribution >= 0.6 is 11.6 Å². The predicted octanol–water partition coefficient (Wildman–Crippen LogP) is 4.32. The van der Waals surface area contributed by atoms with E-state index in [0.717, 1.165) is 16.6 Å². The normalized spacial score (nSPS) is 10.3. The number of carbonyl (C=O) groups excluding carboxylic acids is 1. The van der Waals surface area contributed by atoms with Gasteiger partial charge in [-0.25, -0.2) is 0 Å². The monoisotopic (exact) mass is 321 g/mol. The van der Waals surface area contributed by atoms with E-state index in [1.807, 2.05) is 37.3 Å². The Morgan fingerprint density at radius 2 is 2.00 bits per heavy atom. The van der Waals surface area contributed by atoms with Gasteiger partial charge in [0.05, 0.1) is 21.7 Å². The minimum Gasteiger partial charge on any atom is -0.322 e. The average Bonchev–Trinajstić information content (AvgIpc) is 2.54. The fraction of sp³-hybridized carbons (Fsp3) is 0.0556. The summed E-state index contributed by atoms with van der Waals surface area (Å²) in [5.41, 5.74) is 3.00. The molecule has 4 nitrogen and oxygen atoms in total. The molecular weight excluding hydrogens is 310 g/mol. The lowest BCUT2D eigenvalue weighted by atomic mass is 10.1. The minimum atomic E-state index is -0.243. The van der Waals surface area contributed by atoms with Gasteiger partial charge in [0.15, 0.2) is 0 Å². The van der Waals surface area contributed by atoms with Gasteiger partial charge < -0.3 is 5.32 Å². The van der Waals surface area contributed by atoms with E-state index in [2.05, 4.69) is 10.3 Å². The van der Waals surface area contributed by atoms with Crippen LogP contribution in [0, 0.1) is 18.3 Å². The second-order valence-corrected chi connectivity index (χ2v) is 5.50. The zero-order valence-electron chi connectivity index (χ0n) is 12.3. The van der Waals surface area contributed by atoms with Gasteiger partial charge >= 0.3 is 0 Å².